The Hall–Kier alpha value is -2.82. The molecule has 5 heteroatoms. The van der Waals surface area contributed by atoms with E-state index in [-0.39, 0.29) is 29.3 Å². The maximum absolute atomic E-state index is 12.4. The lowest BCUT2D eigenvalue weighted by Crippen LogP contribution is -2.23. The van der Waals surface area contributed by atoms with E-state index in [1.165, 1.54) is 5.56 Å². The number of amides is 2. The summed E-state index contributed by atoms with van der Waals surface area (Å²) in [7, 11) is 0. The van der Waals surface area contributed by atoms with Gasteiger partial charge in [0.05, 0.1) is 0 Å². The third-order valence-electron chi connectivity index (χ3n) is 4.78. The first kappa shape index (κ1) is 23.5. The molecule has 0 radical (unpaired) electrons. The summed E-state index contributed by atoms with van der Waals surface area (Å²) >= 11 is 0. The highest BCUT2D eigenvalue weighted by molar-refractivity contribution is 5.96. The van der Waals surface area contributed by atoms with E-state index in [1.807, 2.05) is 13.0 Å². The second-order valence-electron chi connectivity index (χ2n) is 9.48. The molecular weight excluding hydrogens is 376 g/mol. The van der Waals surface area contributed by atoms with Gasteiger partial charge in [0, 0.05) is 17.8 Å². The quantitative estimate of drug-likeness (QED) is 0.700. The molecule has 0 atom stereocenters. The second kappa shape index (κ2) is 9.33. The van der Waals surface area contributed by atoms with Crippen LogP contribution in [-0.4, -0.2) is 25.0 Å². The molecule has 0 unspecified atom stereocenters. The monoisotopic (exact) mass is 410 g/mol. The molecule has 2 rings (SSSR count). The van der Waals surface area contributed by atoms with E-state index in [0.717, 1.165) is 11.3 Å². The zero-order valence-corrected chi connectivity index (χ0v) is 19.2. The lowest BCUT2D eigenvalue weighted by Gasteiger charge is -2.27. The third-order valence-corrected chi connectivity index (χ3v) is 4.78. The minimum atomic E-state index is -0.250. The maximum atomic E-state index is 12.4. The van der Waals surface area contributed by atoms with Crippen molar-refractivity contribution in [2.75, 3.05) is 18.5 Å². The standard InChI is InChI=1S/C25H34N2O3/c1-8-26-23(29)17-9-12-19(13-10-17)27-22(28)16-30-21-14-11-18(24(2,3)4)15-20(21)25(5,6)7/h9-15H,8,16H2,1-7H3,(H,26,29)(H,27,28). The fraction of sp³-hybridized carbons (Fsp3) is 0.440. The first-order chi connectivity index (χ1) is 13.9. The average molecular weight is 411 g/mol. The summed E-state index contributed by atoms with van der Waals surface area (Å²) in [5, 5.41) is 5.55. The highest BCUT2D eigenvalue weighted by Crippen LogP contribution is 2.35. The maximum Gasteiger partial charge on any atom is 0.262 e. The smallest absolute Gasteiger partial charge is 0.262 e. The van der Waals surface area contributed by atoms with Crippen LogP contribution in [0.2, 0.25) is 0 Å². The number of nitrogens with one attached hydrogen (secondary N) is 2. The zero-order chi connectivity index (χ0) is 22.5. The minimum absolute atomic E-state index is 0.0378. The number of hydrogen-bond donors (Lipinski definition) is 2. The van der Waals surface area contributed by atoms with Crippen molar-refractivity contribution < 1.29 is 14.3 Å². The second-order valence-corrected chi connectivity index (χ2v) is 9.48. The molecular formula is C25H34N2O3. The number of benzene rings is 2. The first-order valence-corrected chi connectivity index (χ1v) is 10.4. The highest BCUT2D eigenvalue weighted by Gasteiger charge is 2.23. The summed E-state index contributed by atoms with van der Waals surface area (Å²) in [4.78, 5) is 24.2. The van der Waals surface area contributed by atoms with Crippen LogP contribution in [0.1, 0.15) is 70.0 Å². The predicted octanol–water partition coefficient (Wildman–Crippen LogP) is 5.05. The van der Waals surface area contributed by atoms with Gasteiger partial charge >= 0.3 is 0 Å². The molecule has 0 spiro atoms. The largest absolute Gasteiger partial charge is 0.483 e. The summed E-state index contributed by atoms with van der Waals surface area (Å²) in [5.41, 5.74) is 3.42. The van der Waals surface area contributed by atoms with Crippen LogP contribution in [0.25, 0.3) is 0 Å². The normalized spacial score (nSPS) is 11.7. The van der Waals surface area contributed by atoms with E-state index >= 15 is 0 Å². The minimum Gasteiger partial charge on any atom is -0.483 e. The fourth-order valence-electron chi connectivity index (χ4n) is 3.02. The molecule has 2 aromatic rings. The van der Waals surface area contributed by atoms with Crippen molar-refractivity contribution >= 4 is 17.5 Å². The van der Waals surface area contributed by atoms with Crippen LogP contribution in [0.3, 0.4) is 0 Å². The van der Waals surface area contributed by atoms with Crippen LogP contribution in [0.15, 0.2) is 42.5 Å². The first-order valence-electron chi connectivity index (χ1n) is 10.4. The number of anilines is 1. The SMILES string of the molecule is CCNC(=O)c1ccc(NC(=O)COc2ccc(C(C)(C)C)cc2C(C)(C)C)cc1. The Kier molecular flexibility index (Phi) is 7.30. The zero-order valence-electron chi connectivity index (χ0n) is 19.2. The molecule has 0 aromatic heterocycles. The molecule has 0 saturated heterocycles. The van der Waals surface area contributed by atoms with Gasteiger partial charge in [-0.15, -0.1) is 0 Å². The summed E-state index contributed by atoms with van der Waals surface area (Å²) in [6, 6.07) is 13.0. The van der Waals surface area contributed by atoms with Crippen molar-refractivity contribution in [3.63, 3.8) is 0 Å². The van der Waals surface area contributed by atoms with Gasteiger partial charge in [-0.3, -0.25) is 9.59 Å². The Morgan fingerprint density at radius 3 is 2.07 bits per heavy atom. The van der Waals surface area contributed by atoms with Gasteiger partial charge < -0.3 is 15.4 Å². The summed E-state index contributed by atoms with van der Waals surface area (Å²) < 4.78 is 5.88. The van der Waals surface area contributed by atoms with Crippen LogP contribution in [0, 0.1) is 0 Å². The summed E-state index contributed by atoms with van der Waals surface area (Å²) in [5.74, 6) is 0.338. The van der Waals surface area contributed by atoms with E-state index in [2.05, 4.69) is 64.3 Å². The Balaban J connectivity index is 2.06. The van der Waals surface area contributed by atoms with E-state index in [9.17, 15) is 9.59 Å². The number of hydrogen-bond acceptors (Lipinski definition) is 3. The molecule has 162 valence electrons. The third kappa shape index (κ3) is 6.34. The van der Waals surface area contributed by atoms with E-state index in [0.29, 0.717) is 17.8 Å². The number of carbonyl (C=O) groups is 2. The summed E-state index contributed by atoms with van der Waals surface area (Å²) in [6.07, 6.45) is 0. The van der Waals surface area contributed by atoms with Crippen LogP contribution < -0.4 is 15.4 Å². The van der Waals surface area contributed by atoms with Crippen molar-refractivity contribution in [2.45, 2.75) is 59.3 Å². The highest BCUT2D eigenvalue weighted by atomic mass is 16.5. The molecule has 5 nitrogen and oxygen atoms in total. The fourth-order valence-corrected chi connectivity index (χ4v) is 3.02. The Bertz CT molecular complexity index is 888. The average Bonchev–Trinajstić information content (AvgIpc) is 2.65. The van der Waals surface area contributed by atoms with Gasteiger partial charge in [-0.2, -0.15) is 0 Å². The molecule has 0 aliphatic carbocycles. The van der Waals surface area contributed by atoms with Gasteiger partial charge in [0.2, 0.25) is 0 Å². The Morgan fingerprint density at radius 2 is 1.53 bits per heavy atom. The molecule has 0 saturated carbocycles. The Morgan fingerprint density at radius 1 is 0.900 bits per heavy atom. The predicted molar refractivity (Wildman–Crippen MR) is 122 cm³/mol. The molecule has 0 aliphatic heterocycles. The van der Waals surface area contributed by atoms with E-state index < -0.39 is 0 Å². The molecule has 2 amide bonds. The number of rotatable bonds is 6. The molecule has 0 bridgehead atoms. The van der Waals surface area contributed by atoms with Crippen molar-refractivity contribution in [1.29, 1.82) is 0 Å². The number of carbonyl (C=O) groups excluding carboxylic acids is 2. The van der Waals surface area contributed by atoms with Crippen LogP contribution >= 0.6 is 0 Å². The molecule has 2 aromatic carbocycles. The van der Waals surface area contributed by atoms with Crippen molar-refractivity contribution in [3.05, 3.63) is 59.2 Å². The topological polar surface area (TPSA) is 67.4 Å². The Labute approximate surface area is 180 Å². The van der Waals surface area contributed by atoms with Crippen LogP contribution in [0.5, 0.6) is 5.75 Å². The molecule has 2 N–H and O–H groups in total. The van der Waals surface area contributed by atoms with Gasteiger partial charge in [-0.05, 0) is 59.2 Å². The van der Waals surface area contributed by atoms with Crippen molar-refractivity contribution in [3.8, 4) is 5.75 Å². The van der Waals surface area contributed by atoms with Gasteiger partial charge in [0.15, 0.2) is 6.61 Å². The lowest BCUT2D eigenvalue weighted by atomic mass is 9.80. The van der Waals surface area contributed by atoms with E-state index in [1.54, 1.807) is 24.3 Å². The summed E-state index contributed by atoms with van der Waals surface area (Å²) in [6.45, 7) is 15.3. The van der Waals surface area contributed by atoms with Gasteiger partial charge in [0.25, 0.3) is 11.8 Å². The van der Waals surface area contributed by atoms with Crippen molar-refractivity contribution in [2.24, 2.45) is 0 Å². The number of ether oxygens (including phenoxy) is 1. The van der Waals surface area contributed by atoms with Crippen LogP contribution in [0.4, 0.5) is 5.69 Å². The molecule has 30 heavy (non-hydrogen) atoms. The van der Waals surface area contributed by atoms with Gasteiger partial charge in [0.1, 0.15) is 5.75 Å². The lowest BCUT2D eigenvalue weighted by molar-refractivity contribution is -0.118. The van der Waals surface area contributed by atoms with Crippen molar-refractivity contribution in [1.82, 2.24) is 5.32 Å². The van der Waals surface area contributed by atoms with E-state index in [4.69, 9.17) is 4.74 Å². The molecule has 0 heterocycles. The molecule has 0 aliphatic rings. The molecule has 0 fully saturated rings. The van der Waals surface area contributed by atoms with Crippen LogP contribution in [-0.2, 0) is 15.6 Å². The van der Waals surface area contributed by atoms with Gasteiger partial charge in [-0.1, -0.05) is 53.7 Å². The van der Waals surface area contributed by atoms with Gasteiger partial charge in [-0.25, -0.2) is 0 Å².